The third kappa shape index (κ3) is 5.29. The average molecular weight is 395 g/mol. The van der Waals surface area contributed by atoms with Crippen LogP contribution in [0.25, 0.3) is 0 Å². The molecule has 2 amide bonds. The summed E-state index contributed by atoms with van der Waals surface area (Å²) < 4.78 is 0.879. The number of amides is 2. The molecule has 130 valence electrons. The number of anilines is 1. The number of piperazine rings is 1. The minimum Gasteiger partial charge on any atom is -0.352 e. The number of benzene rings is 1. The summed E-state index contributed by atoms with van der Waals surface area (Å²) in [5.74, 6) is 0.111. The Hall–Kier alpha value is -1.44. The summed E-state index contributed by atoms with van der Waals surface area (Å²) >= 11 is 3.43. The predicted octanol–water partition coefficient (Wildman–Crippen LogP) is 1.28. The van der Waals surface area contributed by atoms with Gasteiger partial charge in [-0.1, -0.05) is 12.1 Å². The van der Waals surface area contributed by atoms with E-state index in [1.807, 2.05) is 24.3 Å². The van der Waals surface area contributed by atoms with Gasteiger partial charge in [-0.25, -0.2) is 0 Å². The zero-order valence-electron chi connectivity index (χ0n) is 13.6. The van der Waals surface area contributed by atoms with Gasteiger partial charge in [0.05, 0.1) is 18.8 Å². The van der Waals surface area contributed by atoms with E-state index in [2.05, 4.69) is 36.4 Å². The molecule has 0 spiro atoms. The fraction of sp³-hybridized carbons (Fsp3) is 0.529. The van der Waals surface area contributed by atoms with Crippen LogP contribution in [-0.4, -0.2) is 66.9 Å². The van der Waals surface area contributed by atoms with Crippen molar-refractivity contribution in [3.8, 4) is 0 Å². The Balaban J connectivity index is 1.37. The number of hydrogen-bond acceptors (Lipinski definition) is 4. The number of rotatable bonds is 6. The minimum atomic E-state index is -0.0122. The van der Waals surface area contributed by atoms with E-state index in [-0.39, 0.29) is 11.8 Å². The molecule has 0 atom stereocenters. The maximum atomic E-state index is 12.2. The molecule has 3 rings (SSSR count). The quantitative estimate of drug-likeness (QED) is 0.762. The summed E-state index contributed by atoms with van der Waals surface area (Å²) in [4.78, 5) is 28.3. The van der Waals surface area contributed by atoms with E-state index >= 15 is 0 Å². The molecule has 24 heavy (non-hydrogen) atoms. The largest absolute Gasteiger partial charge is 0.352 e. The van der Waals surface area contributed by atoms with Crippen molar-refractivity contribution in [2.45, 2.75) is 18.9 Å². The summed E-state index contributed by atoms with van der Waals surface area (Å²) in [6.45, 7) is 4.10. The average Bonchev–Trinajstić information content (AvgIpc) is 3.35. The van der Waals surface area contributed by atoms with Crippen LogP contribution >= 0.6 is 15.9 Å². The number of carbonyl (C=O) groups excluding carboxylic acids is 2. The number of halogens is 1. The van der Waals surface area contributed by atoms with E-state index in [0.29, 0.717) is 19.1 Å². The summed E-state index contributed by atoms with van der Waals surface area (Å²) in [7, 11) is 0. The molecule has 0 radical (unpaired) electrons. The van der Waals surface area contributed by atoms with Crippen LogP contribution in [0.2, 0.25) is 0 Å². The predicted molar refractivity (Wildman–Crippen MR) is 96.8 cm³/mol. The zero-order valence-corrected chi connectivity index (χ0v) is 15.2. The smallest absolute Gasteiger partial charge is 0.238 e. The number of para-hydroxylation sites is 1. The normalized spacial score (nSPS) is 19.0. The zero-order chi connectivity index (χ0) is 16.9. The molecule has 6 nitrogen and oxygen atoms in total. The lowest BCUT2D eigenvalue weighted by Crippen LogP contribution is -2.51. The first-order valence-electron chi connectivity index (χ1n) is 8.38. The van der Waals surface area contributed by atoms with Crippen molar-refractivity contribution in [3.05, 3.63) is 28.7 Å². The van der Waals surface area contributed by atoms with Crippen LogP contribution in [0.4, 0.5) is 5.69 Å². The van der Waals surface area contributed by atoms with E-state index < -0.39 is 0 Å². The van der Waals surface area contributed by atoms with Crippen LogP contribution < -0.4 is 10.6 Å². The highest BCUT2D eigenvalue weighted by Crippen LogP contribution is 2.21. The summed E-state index contributed by atoms with van der Waals surface area (Å²) in [6, 6.07) is 8.00. The highest BCUT2D eigenvalue weighted by atomic mass is 79.9. The Bertz CT molecular complexity index is 598. The lowest BCUT2D eigenvalue weighted by atomic mass is 10.3. The molecule has 1 aromatic rings. The first kappa shape index (κ1) is 17.4. The van der Waals surface area contributed by atoms with Crippen LogP contribution in [0.5, 0.6) is 0 Å². The Morgan fingerprint density at radius 1 is 1.00 bits per heavy atom. The topological polar surface area (TPSA) is 64.7 Å². The van der Waals surface area contributed by atoms with Gasteiger partial charge in [-0.2, -0.15) is 0 Å². The van der Waals surface area contributed by atoms with Crippen LogP contribution in [0.1, 0.15) is 12.8 Å². The summed E-state index contributed by atoms with van der Waals surface area (Å²) in [6.07, 6.45) is 2.23. The highest BCUT2D eigenvalue weighted by Gasteiger charge is 2.25. The third-order valence-electron chi connectivity index (χ3n) is 4.29. The van der Waals surface area contributed by atoms with Gasteiger partial charge in [0, 0.05) is 36.7 Å². The van der Waals surface area contributed by atoms with Crippen molar-refractivity contribution >= 4 is 33.4 Å². The molecule has 1 aliphatic heterocycles. The fourth-order valence-corrected chi connectivity index (χ4v) is 3.15. The standard InChI is InChI=1S/C17H23BrN4O2/c18-14-3-1-2-4-15(14)20-17(24)12-22-9-7-21(8-10-22)11-16(23)19-13-5-6-13/h1-4,13H,5-12H2,(H,19,23)(H,20,24). The maximum absolute atomic E-state index is 12.2. The van der Waals surface area contributed by atoms with Crippen LogP contribution in [0, 0.1) is 0 Å². The van der Waals surface area contributed by atoms with Crippen molar-refractivity contribution < 1.29 is 9.59 Å². The summed E-state index contributed by atoms with van der Waals surface area (Å²) in [5, 5.41) is 5.94. The van der Waals surface area contributed by atoms with Crippen LogP contribution in [0.3, 0.4) is 0 Å². The first-order valence-corrected chi connectivity index (χ1v) is 9.18. The molecule has 1 saturated heterocycles. The van der Waals surface area contributed by atoms with Gasteiger partial charge in [0.1, 0.15) is 0 Å². The molecule has 1 aromatic carbocycles. The van der Waals surface area contributed by atoms with E-state index in [4.69, 9.17) is 0 Å². The molecule has 2 fully saturated rings. The SMILES string of the molecule is O=C(CN1CCN(CC(=O)NC2CC2)CC1)Nc1ccccc1Br. The van der Waals surface area contributed by atoms with Crippen molar-refractivity contribution in [3.63, 3.8) is 0 Å². The van der Waals surface area contributed by atoms with Gasteiger partial charge in [0.25, 0.3) is 0 Å². The number of nitrogens with zero attached hydrogens (tertiary/aromatic N) is 2. The number of hydrogen-bond donors (Lipinski definition) is 2. The molecule has 0 bridgehead atoms. The van der Waals surface area contributed by atoms with Crippen LogP contribution in [0.15, 0.2) is 28.7 Å². The Labute approximate surface area is 150 Å². The Kier molecular flexibility index (Phi) is 5.86. The third-order valence-corrected chi connectivity index (χ3v) is 4.98. The van der Waals surface area contributed by atoms with Crippen molar-refractivity contribution in [1.82, 2.24) is 15.1 Å². The lowest BCUT2D eigenvalue weighted by molar-refractivity contribution is -0.123. The Morgan fingerprint density at radius 2 is 1.58 bits per heavy atom. The molecule has 2 N–H and O–H groups in total. The molecule has 2 aliphatic rings. The molecule has 0 aromatic heterocycles. The van der Waals surface area contributed by atoms with Crippen molar-refractivity contribution in [2.75, 3.05) is 44.6 Å². The number of nitrogens with one attached hydrogen (secondary N) is 2. The van der Waals surface area contributed by atoms with Gasteiger partial charge in [-0.15, -0.1) is 0 Å². The number of carbonyl (C=O) groups is 2. The molecular formula is C17H23BrN4O2. The van der Waals surface area contributed by atoms with E-state index in [1.54, 1.807) is 0 Å². The lowest BCUT2D eigenvalue weighted by Gasteiger charge is -2.33. The fourth-order valence-electron chi connectivity index (χ4n) is 2.76. The highest BCUT2D eigenvalue weighted by molar-refractivity contribution is 9.10. The van der Waals surface area contributed by atoms with Crippen LogP contribution in [-0.2, 0) is 9.59 Å². The van der Waals surface area contributed by atoms with Crippen molar-refractivity contribution in [1.29, 1.82) is 0 Å². The molecular weight excluding hydrogens is 372 g/mol. The van der Waals surface area contributed by atoms with E-state index in [1.165, 1.54) is 0 Å². The van der Waals surface area contributed by atoms with Gasteiger partial charge in [0.15, 0.2) is 0 Å². The van der Waals surface area contributed by atoms with E-state index in [9.17, 15) is 9.59 Å². The van der Waals surface area contributed by atoms with Gasteiger partial charge in [-0.3, -0.25) is 19.4 Å². The Morgan fingerprint density at radius 3 is 2.17 bits per heavy atom. The van der Waals surface area contributed by atoms with Gasteiger partial charge in [-0.05, 0) is 40.9 Å². The second kappa shape index (κ2) is 8.09. The first-order chi connectivity index (χ1) is 11.6. The monoisotopic (exact) mass is 394 g/mol. The molecule has 1 saturated carbocycles. The summed E-state index contributed by atoms with van der Waals surface area (Å²) in [5.41, 5.74) is 0.790. The molecule has 7 heteroatoms. The maximum Gasteiger partial charge on any atom is 0.238 e. The second-order valence-corrected chi connectivity index (χ2v) is 7.28. The molecule has 0 unspecified atom stereocenters. The van der Waals surface area contributed by atoms with Gasteiger partial charge < -0.3 is 10.6 Å². The molecule has 1 heterocycles. The van der Waals surface area contributed by atoms with Crippen molar-refractivity contribution in [2.24, 2.45) is 0 Å². The van der Waals surface area contributed by atoms with E-state index in [0.717, 1.165) is 49.2 Å². The molecule has 1 aliphatic carbocycles. The van der Waals surface area contributed by atoms with Gasteiger partial charge in [0.2, 0.25) is 11.8 Å². The minimum absolute atomic E-state index is 0.0122. The van der Waals surface area contributed by atoms with Gasteiger partial charge >= 0.3 is 0 Å². The second-order valence-electron chi connectivity index (χ2n) is 6.42.